The summed E-state index contributed by atoms with van der Waals surface area (Å²) in [7, 11) is 0. The first-order chi connectivity index (χ1) is 3.93. The van der Waals surface area contributed by atoms with Crippen molar-refractivity contribution in [3.63, 3.8) is 0 Å². The molecular weight excluding hydrogens is 102 g/mol. The summed E-state index contributed by atoms with van der Waals surface area (Å²) in [6, 6.07) is 0. The van der Waals surface area contributed by atoms with Gasteiger partial charge < -0.3 is 10.0 Å². The Balaban J connectivity index is 1.86. The largest absolute Gasteiger partial charge is 0.384 e. The second kappa shape index (κ2) is 3.05. The van der Waals surface area contributed by atoms with Crippen LogP contribution in [0.1, 0.15) is 12.8 Å². The van der Waals surface area contributed by atoms with Gasteiger partial charge in [-0.1, -0.05) is 0 Å². The van der Waals surface area contributed by atoms with Gasteiger partial charge in [-0.05, 0) is 25.9 Å². The highest BCUT2D eigenvalue weighted by molar-refractivity contribution is 4.68. The average Bonchev–Trinajstić information content (AvgIpc) is 1.63. The van der Waals surface area contributed by atoms with E-state index in [2.05, 4.69) is 11.5 Å². The Kier molecular flexibility index (Phi) is 2.30. The summed E-state index contributed by atoms with van der Waals surface area (Å²) in [4.78, 5) is 2.29. The van der Waals surface area contributed by atoms with Crippen molar-refractivity contribution in [3.05, 3.63) is 6.61 Å². The van der Waals surface area contributed by atoms with E-state index in [1.807, 2.05) is 0 Å². The Bertz CT molecular complexity index is 61.5. The van der Waals surface area contributed by atoms with E-state index >= 15 is 0 Å². The number of hydrogen-bond acceptors (Lipinski definition) is 2. The van der Waals surface area contributed by atoms with Gasteiger partial charge in [0.05, 0.1) is 0 Å². The summed E-state index contributed by atoms with van der Waals surface area (Å²) in [5.41, 5.74) is 0. The summed E-state index contributed by atoms with van der Waals surface area (Å²) in [6.07, 6.45) is 2.02. The first-order valence-corrected chi connectivity index (χ1v) is 3.03. The van der Waals surface area contributed by atoms with E-state index < -0.39 is 0 Å². The van der Waals surface area contributed by atoms with Crippen LogP contribution in [-0.4, -0.2) is 29.6 Å². The van der Waals surface area contributed by atoms with E-state index in [9.17, 15) is 0 Å². The van der Waals surface area contributed by atoms with Gasteiger partial charge in [-0.3, -0.25) is 0 Å². The van der Waals surface area contributed by atoms with Crippen molar-refractivity contribution in [1.82, 2.24) is 4.90 Å². The number of aliphatic hydroxyl groups is 1. The number of hydrogen-bond donors (Lipinski definition) is 1. The van der Waals surface area contributed by atoms with Crippen molar-refractivity contribution in [2.45, 2.75) is 12.8 Å². The van der Waals surface area contributed by atoms with Crippen molar-refractivity contribution in [2.75, 3.05) is 19.6 Å². The van der Waals surface area contributed by atoms with Gasteiger partial charge in [0.25, 0.3) is 0 Å². The fourth-order valence-electron chi connectivity index (χ4n) is 0.813. The van der Waals surface area contributed by atoms with E-state index in [4.69, 9.17) is 5.11 Å². The molecule has 1 saturated heterocycles. The lowest BCUT2D eigenvalue weighted by Gasteiger charge is -2.29. The Labute approximate surface area is 50.1 Å². The minimum absolute atomic E-state index is 0.694. The molecular formula is C6H11NO. The van der Waals surface area contributed by atoms with Crippen LogP contribution in [0.3, 0.4) is 0 Å². The minimum Gasteiger partial charge on any atom is -0.384 e. The second-order valence-corrected chi connectivity index (χ2v) is 2.10. The highest BCUT2D eigenvalue weighted by atomic mass is 16.3. The summed E-state index contributed by atoms with van der Waals surface area (Å²) in [5.74, 6) is 0. The van der Waals surface area contributed by atoms with E-state index in [0.29, 0.717) is 6.42 Å². The van der Waals surface area contributed by atoms with Crippen LogP contribution in [0, 0.1) is 6.61 Å². The lowest BCUT2D eigenvalue weighted by Crippen LogP contribution is -2.37. The molecule has 0 unspecified atom stereocenters. The monoisotopic (exact) mass is 113 g/mol. The number of rotatable bonds is 3. The highest BCUT2D eigenvalue weighted by Gasteiger charge is 2.11. The Morgan fingerprint density at radius 2 is 2.25 bits per heavy atom. The smallest absolute Gasteiger partial charge is 0.129 e. The predicted octanol–water partition coefficient (Wildman–Crippen LogP) is 0.493. The lowest BCUT2D eigenvalue weighted by molar-refractivity contribution is 0.174. The normalized spacial score (nSPS) is 20.6. The molecule has 0 atom stereocenters. The molecule has 2 nitrogen and oxygen atoms in total. The van der Waals surface area contributed by atoms with Crippen molar-refractivity contribution < 1.29 is 5.11 Å². The van der Waals surface area contributed by atoms with E-state index in [1.54, 1.807) is 0 Å². The third kappa shape index (κ3) is 1.46. The molecule has 1 rings (SSSR count). The van der Waals surface area contributed by atoms with Crippen molar-refractivity contribution in [1.29, 1.82) is 0 Å². The topological polar surface area (TPSA) is 23.5 Å². The zero-order valence-electron chi connectivity index (χ0n) is 4.93. The Hall–Kier alpha value is -0.0800. The summed E-state index contributed by atoms with van der Waals surface area (Å²) < 4.78 is 0. The molecule has 1 heterocycles. The van der Waals surface area contributed by atoms with Crippen LogP contribution in [0.2, 0.25) is 0 Å². The molecule has 2 radical (unpaired) electrons. The molecule has 0 aromatic rings. The maximum absolute atomic E-state index is 8.16. The fourth-order valence-corrected chi connectivity index (χ4v) is 0.813. The molecule has 1 aliphatic heterocycles. The SMILES string of the molecule is O[C]CCN1CCC1. The van der Waals surface area contributed by atoms with Crippen LogP contribution in [0.4, 0.5) is 0 Å². The zero-order chi connectivity index (χ0) is 5.82. The van der Waals surface area contributed by atoms with E-state index in [0.717, 1.165) is 6.54 Å². The maximum atomic E-state index is 8.16. The molecule has 0 aliphatic carbocycles. The van der Waals surface area contributed by atoms with Crippen LogP contribution in [-0.2, 0) is 0 Å². The summed E-state index contributed by atoms with van der Waals surface area (Å²) >= 11 is 0. The predicted molar refractivity (Wildman–Crippen MR) is 30.9 cm³/mol. The van der Waals surface area contributed by atoms with Crippen LogP contribution >= 0.6 is 0 Å². The molecule has 2 heteroatoms. The number of likely N-dealkylation sites (tertiary alicyclic amines) is 1. The van der Waals surface area contributed by atoms with Crippen LogP contribution in [0.25, 0.3) is 0 Å². The highest BCUT2D eigenvalue weighted by Crippen LogP contribution is 2.05. The molecule has 0 aromatic heterocycles. The molecule has 0 bridgehead atoms. The molecule has 0 saturated carbocycles. The molecule has 0 amide bonds. The Morgan fingerprint density at radius 1 is 1.50 bits per heavy atom. The van der Waals surface area contributed by atoms with Gasteiger partial charge in [0.1, 0.15) is 6.61 Å². The van der Waals surface area contributed by atoms with Crippen LogP contribution in [0.5, 0.6) is 0 Å². The second-order valence-electron chi connectivity index (χ2n) is 2.10. The quantitative estimate of drug-likeness (QED) is 0.576. The van der Waals surface area contributed by atoms with Gasteiger partial charge >= 0.3 is 0 Å². The molecule has 8 heavy (non-hydrogen) atoms. The average molecular weight is 113 g/mol. The summed E-state index contributed by atoms with van der Waals surface area (Å²) in [6.45, 7) is 5.53. The van der Waals surface area contributed by atoms with Crippen LogP contribution in [0.15, 0.2) is 0 Å². The lowest BCUT2D eigenvalue weighted by atomic mass is 10.2. The number of aliphatic hydroxyl groups excluding tert-OH is 1. The van der Waals surface area contributed by atoms with Gasteiger partial charge in [0.2, 0.25) is 0 Å². The molecule has 1 fully saturated rings. The Morgan fingerprint density at radius 3 is 2.62 bits per heavy atom. The molecule has 46 valence electrons. The number of nitrogens with zero attached hydrogens (tertiary/aromatic N) is 1. The molecule has 1 aliphatic rings. The van der Waals surface area contributed by atoms with Crippen molar-refractivity contribution in [2.24, 2.45) is 0 Å². The molecule has 0 spiro atoms. The first-order valence-electron chi connectivity index (χ1n) is 3.03. The first kappa shape index (κ1) is 6.05. The van der Waals surface area contributed by atoms with Crippen molar-refractivity contribution >= 4 is 0 Å². The van der Waals surface area contributed by atoms with Crippen LogP contribution < -0.4 is 0 Å². The van der Waals surface area contributed by atoms with E-state index in [-0.39, 0.29) is 0 Å². The van der Waals surface area contributed by atoms with Gasteiger partial charge in [0.15, 0.2) is 0 Å². The summed E-state index contributed by atoms with van der Waals surface area (Å²) in [5, 5.41) is 8.16. The van der Waals surface area contributed by atoms with Gasteiger partial charge in [0, 0.05) is 6.54 Å². The third-order valence-electron chi connectivity index (χ3n) is 1.49. The van der Waals surface area contributed by atoms with Gasteiger partial charge in [-0.25, -0.2) is 0 Å². The van der Waals surface area contributed by atoms with E-state index in [1.165, 1.54) is 19.5 Å². The standard InChI is InChI=1S/C6H11NO/c8-6-2-5-7-3-1-4-7/h8H,1-5H2. The minimum atomic E-state index is 0.694. The van der Waals surface area contributed by atoms with Gasteiger partial charge in [-0.2, -0.15) is 0 Å². The zero-order valence-corrected chi connectivity index (χ0v) is 4.93. The molecule has 0 aromatic carbocycles. The van der Waals surface area contributed by atoms with Crippen molar-refractivity contribution in [3.8, 4) is 0 Å². The fraction of sp³-hybridized carbons (Fsp3) is 0.833. The molecule has 1 N–H and O–H groups in total. The third-order valence-corrected chi connectivity index (χ3v) is 1.49. The maximum Gasteiger partial charge on any atom is 0.129 e. The van der Waals surface area contributed by atoms with Gasteiger partial charge in [-0.15, -0.1) is 0 Å².